The van der Waals surface area contributed by atoms with Crippen molar-refractivity contribution < 1.29 is 4.79 Å². The van der Waals surface area contributed by atoms with Crippen LogP contribution in [0.4, 0.5) is 5.82 Å². The molecule has 0 unspecified atom stereocenters. The minimum Gasteiger partial charge on any atom is -0.310 e. The highest BCUT2D eigenvalue weighted by Crippen LogP contribution is 2.27. The number of benzene rings is 3. The number of aromatic nitrogens is 2. The topological polar surface area (TPSA) is 46.9 Å². The van der Waals surface area contributed by atoms with Crippen molar-refractivity contribution >= 4 is 27.7 Å². The second kappa shape index (κ2) is 9.09. The van der Waals surface area contributed by atoms with Crippen LogP contribution in [0.3, 0.4) is 0 Å². The van der Waals surface area contributed by atoms with Gasteiger partial charge in [0.25, 0.3) is 0 Å². The summed E-state index contributed by atoms with van der Waals surface area (Å²) < 4.78 is 2.77. The van der Waals surface area contributed by atoms with E-state index in [2.05, 4.69) is 21.2 Å². The van der Waals surface area contributed by atoms with E-state index in [-0.39, 0.29) is 11.8 Å². The van der Waals surface area contributed by atoms with Crippen molar-refractivity contribution in [3.05, 3.63) is 101 Å². The van der Waals surface area contributed by atoms with E-state index in [0.717, 1.165) is 27.0 Å². The molecule has 4 rings (SSSR count). The van der Waals surface area contributed by atoms with Crippen LogP contribution in [0.2, 0.25) is 0 Å². The SMILES string of the molecule is CC[C@H](C(=O)Nc1cc(-c2ccccc2)nn1-c1ccc(Br)cc1)c1ccccc1. The summed E-state index contributed by atoms with van der Waals surface area (Å²) in [5.41, 5.74) is 3.69. The number of nitrogens with one attached hydrogen (secondary N) is 1. The van der Waals surface area contributed by atoms with Gasteiger partial charge in [0.05, 0.1) is 17.3 Å². The quantitative estimate of drug-likeness (QED) is 0.360. The van der Waals surface area contributed by atoms with E-state index in [1.165, 1.54) is 0 Å². The molecule has 1 heterocycles. The number of halogens is 1. The van der Waals surface area contributed by atoms with Crippen molar-refractivity contribution in [1.82, 2.24) is 9.78 Å². The molecule has 1 N–H and O–H groups in total. The van der Waals surface area contributed by atoms with E-state index in [0.29, 0.717) is 12.2 Å². The lowest BCUT2D eigenvalue weighted by Gasteiger charge is -2.16. The Morgan fingerprint density at radius 1 is 0.967 bits per heavy atom. The second-order valence-corrected chi connectivity index (χ2v) is 7.95. The Morgan fingerprint density at radius 3 is 2.23 bits per heavy atom. The molecule has 1 amide bonds. The normalized spacial score (nSPS) is 11.8. The van der Waals surface area contributed by atoms with Crippen molar-refractivity contribution in [1.29, 1.82) is 0 Å². The molecule has 3 aromatic carbocycles. The van der Waals surface area contributed by atoms with Crippen LogP contribution < -0.4 is 5.32 Å². The van der Waals surface area contributed by atoms with Crippen molar-refractivity contribution in [2.75, 3.05) is 5.32 Å². The smallest absolute Gasteiger partial charge is 0.233 e. The van der Waals surface area contributed by atoms with Gasteiger partial charge < -0.3 is 5.32 Å². The van der Waals surface area contributed by atoms with Crippen LogP contribution in [0.25, 0.3) is 16.9 Å². The Kier molecular flexibility index (Phi) is 6.10. The number of rotatable bonds is 6. The van der Waals surface area contributed by atoms with Crippen molar-refractivity contribution in [3.63, 3.8) is 0 Å². The zero-order valence-electron chi connectivity index (χ0n) is 16.6. The predicted octanol–water partition coefficient (Wildman–Crippen LogP) is 6.43. The van der Waals surface area contributed by atoms with Crippen molar-refractivity contribution in [2.24, 2.45) is 0 Å². The summed E-state index contributed by atoms with van der Waals surface area (Å²) in [6.45, 7) is 2.03. The third-order valence-corrected chi connectivity index (χ3v) is 5.56. The molecular weight excluding hydrogens is 438 g/mol. The largest absolute Gasteiger partial charge is 0.310 e. The van der Waals surface area contributed by atoms with E-state index < -0.39 is 0 Å². The molecule has 4 nitrogen and oxygen atoms in total. The molecular formula is C25H22BrN3O. The van der Waals surface area contributed by atoms with Crippen molar-refractivity contribution in [2.45, 2.75) is 19.3 Å². The fraction of sp³-hybridized carbons (Fsp3) is 0.120. The van der Waals surface area contributed by atoms with Gasteiger partial charge >= 0.3 is 0 Å². The Bertz CT molecular complexity index is 1120. The number of hydrogen-bond acceptors (Lipinski definition) is 2. The number of carbonyl (C=O) groups excluding carboxylic acids is 1. The molecule has 1 atom stereocenters. The summed E-state index contributed by atoms with van der Waals surface area (Å²) in [6.07, 6.45) is 0.716. The Hall–Kier alpha value is -3.18. The first-order valence-electron chi connectivity index (χ1n) is 9.93. The second-order valence-electron chi connectivity index (χ2n) is 7.03. The minimum atomic E-state index is -0.223. The van der Waals surface area contributed by atoms with E-state index >= 15 is 0 Å². The van der Waals surface area contributed by atoms with Gasteiger partial charge in [-0.15, -0.1) is 0 Å². The third kappa shape index (κ3) is 4.36. The Labute approximate surface area is 184 Å². The van der Waals surface area contributed by atoms with Gasteiger partial charge in [-0.25, -0.2) is 4.68 Å². The number of anilines is 1. The highest BCUT2D eigenvalue weighted by Gasteiger charge is 2.21. The molecule has 0 aliphatic heterocycles. The first-order valence-corrected chi connectivity index (χ1v) is 10.7. The van der Waals surface area contributed by atoms with Crippen LogP contribution in [0.15, 0.2) is 95.5 Å². The van der Waals surface area contributed by atoms with Gasteiger partial charge in [-0.2, -0.15) is 5.10 Å². The molecule has 0 saturated carbocycles. The fourth-order valence-electron chi connectivity index (χ4n) is 3.47. The molecule has 0 fully saturated rings. The molecule has 30 heavy (non-hydrogen) atoms. The molecule has 0 radical (unpaired) electrons. The van der Waals surface area contributed by atoms with Gasteiger partial charge in [0.2, 0.25) is 5.91 Å². The maximum Gasteiger partial charge on any atom is 0.233 e. The summed E-state index contributed by atoms with van der Waals surface area (Å²) >= 11 is 3.47. The molecule has 150 valence electrons. The first-order chi connectivity index (χ1) is 14.7. The van der Waals surface area contributed by atoms with Crippen LogP contribution in [-0.4, -0.2) is 15.7 Å². The van der Waals surface area contributed by atoms with Crippen LogP contribution >= 0.6 is 15.9 Å². The summed E-state index contributed by atoms with van der Waals surface area (Å²) in [6, 6.07) is 29.6. The lowest BCUT2D eigenvalue weighted by molar-refractivity contribution is -0.117. The summed E-state index contributed by atoms with van der Waals surface area (Å²) in [5, 5.41) is 7.89. The highest BCUT2D eigenvalue weighted by molar-refractivity contribution is 9.10. The first kappa shape index (κ1) is 20.1. The zero-order chi connectivity index (χ0) is 20.9. The number of nitrogens with zero attached hydrogens (tertiary/aromatic N) is 2. The zero-order valence-corrected chi connectivity index (χ0v) is 18.2. The number of amides is 1. The molecule has 0 aliphatic carbocycles. The highest BCUT2D eigenvalue weighted by atomic mass is 79.9. The summed E-state index contributed by atoms with van der Waals surface area (Å²) in [5.74, 6) is 0.386. The molecule has 5 heteroatoms. The van der Waals surface area contributed by atoms with Gasteiger partial charge in [0, 0.05) is 16.1 Å². The number of hydrogen-bond donors (Lipinski definition) is 1. The lowest BCUT2D eigenvalue weighted by Crippen LogP contribution is -2.22. The van der Waals surface area contributed by atoms with E-state index in [4.69, 9.17) is 5.10 Å². The van der Waals surface area contributed by atoms with E-state index in [9.17, 15) is 4.79 Å². The molecule has 0 spiro atoms. The molecule has 0 aliphatic rings. The van der Waals surface area contributed by atoms with Crippen molar-refractivity contribution in [3.8, 4) is 16.9 Å². The standard InChI is InChI=1S/C25H22BrN3O/c1-2-22(18-9-5-3-6-10-18)25(30)27-24-17-23(19-11-7-4-8-12-19)28-29(24)21-15-13-20(26)14-16-21/h3-17,22H,2H2,1H3,(H,27,30)/t22-/m0/s1. The van der Waals surface area contributed by atoms with E-state index in [1.54, 1.807) is 4.68 Å². The molecule has 4 aromatic rings. The van der Waals surface area contributed by atoms with Gasteiger partial charge in [0.15, 0.2) is 0 Å². The predicted molar refractivity (Wildman–Crippen MR) is 125 cm³/mol. The molecule has 0 saturated heterocycles. The summed E-state index contributed by atoms with van der Waals surface area (Å²) in [4.78, 5) is 13.2. The maximum atomic E-state index is 13.2. The number of carbonyl (C=O) groups is 1. The fourth-order valence-corrected chi connectivity index (χ4v) is 3.73. The van der Waals surface area contributed by atoms with Gasteiger partial charge in [-0.3, -0.25) is 4.79 Å². The monoisotopic (exact) mass is 459 g/mol. The van der Waals surface area contributed by atoms with Gasteiger partial charge in [-0.05, 0) is 36.2 Å². The minimum absolute atomic E-state index is 0.0402. The summed E-state index contributed by atoms with van der Waals surface area (Å²) in [7, 11) is 0. The van der Waals surface area contributed by atoms with Crippen LogP contribution in [0.1, 0.15) is 24.8 Å². The average Bonchev–Trinajstić information content (AvgIpc) is 3.20. The van der Waals surface area contributed by atoms with Crippen LogP contribution in [0, 0.1) is 0 Å². The van der Waals surface area contributed by atoms with Gasteiger partial charge in [-0.1, -0.05) is 83.5 Å². The van der Waals surface area contributed by atoms with Crippen LogP contribution in [0.5, 0.6) is 0 Å². The molecule has 1 aromatic heterocycles. The average molecular weight is 460 g/mol. The Balaban J connectivity index is 1.71. The molecule has 0 bridgehead atoms. The Morgan fingerprint density at radius 2 is 1.60 bits per heavy atom. The third-order valence-electron chi connectivity index (χ3n) is 5.03. The van der Waals surface area contributed by atoms with Gasteiger partial charge in [0.1, 0.15) is 5.82 Å². The maximum absolute atomic E-state index is 13.2. The lowest BCUT2D eigenvalue weighted by atomic mass is 9.96. The van der Waals surface area contributed by atoms with E-state index in [1.807, 2.05) is 97.9 Å². The van der Waals surface area contributed by atoms with Crippen LogP contribution in [-0.2, 0) is 4.79 Å².